The van der Waals surface area contributed by atoms with Crippen molar-refractivity contribution in [2.75, 3.05) is 32.8 Å². The van der Waals surface area contributed by atoms with Crippen LogP contribution in [-0.2, 0) is 4.74 Å². The van der Waals surface area contributed by atoms with Crippen LogP contribution in [0.25, 0.3) is 0 Å². The van der Waals surface area contributed by atoms with Crippen LogP contribution >= 0.6 is 46.9 Å². The Balaban J connectivity index is 0.00000484. The molecule has 0 aliphatic heterocycles. The number of rotatable bonds is 10. The van der Waals surface area contributed by atoms with Crippen LogP contribution in [0.5, 0.6) is 0 Å². The Kier molecular flexibility index (Phi) is 14.2. The minimum atomic E-state index is -0.620. The molecule has 1 rings (SSSR count). The fourth-order valence-corrected chi connectivity index (χ4v) is 2.84. The highest BCUT2D eigenvalue weighted by Crippen LogP contribution is 2.26. The summed E-state index contributed by atoms with van der Waals surface area (Å²) in [5.41, 5.74) is 0. The second-order valence-corrected chi connectivity index (χ2v) is 6.45. The van der Waals surface area contributed by atoms with Gasteiger partial charge in [0.05, 0.1) is 10.9 Å². The lowest BCUT2D eigenvalue weighted by molar-refractivity contribution is 0.143. The van der Waals surface area contributed by atoms with E-state index in [9.17, 15) is 5.11 Å². The predicted molar refractivity (Wildman–Crippen MR) is 109 cm³/mol. The second kappa shape index (κ2) is 14.3. The number of unbranched alkanes of at least 4 members (excludes halogenated alkanes) is 1. The first kappa shape index (κ1) is 22.9. The molecule has 0 fully saturated rings. The van der Waals surface area contributed by atoms with E-state index in [1.54, 1.807) is 6.07 Å². The molecular formula is C15H27ClIN3O2S. The van der Waals surface area contributed by atoms with Crippen LogP contribution in [0.2, 0.25) is 4.34 Å². The van der Waals surface area contributed by atoms with E-state index in [0.29, 0.717) is 10.9 Å². The highest BCUT2D eigenvalue weighted by molar-refractivity contribution is 14.0. The normalized spacial score (nSPS) is 12.6. The molecule has 8 heteroatoms. The van der Waals surface area contributed by atoms with Gasteiger partial charge in [0.1, 0.15) is 6.10 Å². The molecule has 134 valence electrons. The first-order chi connectivity index (χ1) is 10.7. The summed E-state index contributed by atoms with van der Waals surface area (Å²) < 4.78 is 5.98. The van der Waals surface area contributed by atoms with E-state index < -0.39 is 6.10 Å². The molecule has 0 bridgehead atoms. The van der Waals surface area contributed by atoms with Gasteiger partial charge in [0, 0.05) is 31.2 Å². The summed E-state index contributed by atoms with van der Waals surface area (Å²) >= 11 is 7.26. The summed E-state index contributed by atoms with van der Waals surface area (Å²) in [7, 11) is 0. The van der Waals surface area contributed by atoms with E-state index in [0.717, 1.165) is 50.0 Å². The number of aliphatic hydroxyl groups excluding tert-OH is 1. The Labute approximate surface area is 164 Å². The van der Waals surface area contributed by atoms with Gasteiger partial charge in [-0.3, -0.25) is 4.99 Å². The number of hydrogen-bond acceptors (Lipinski definition) is 4. The van der Waals surface area contributed by atoms with Crippen LogP contribution in [-0.4, -0.2) is 43.9 Å². The lowest BCUT2D eigenvalue weighted by atomic mass is 10.3. The fraction of sp³-hybridized carbons (Fsp3) is 0.667. The average molecular weight is 476 g/mol. The van der Waals surface area contributed by atoms with Crippen molar-refractivity contribution in [3.63, 3.8) is 0 Å². The zero-order valence-electron chi connectivity index (χ0n) is 13.7. The number of halogens is 2. The van der Waals surface area contributed by atoms with Crippen molar-refractivity contribution in [2.45, 2.75) is 32.8 Å². The summed E-state index contributed by atoms with van der Waals surface area (Å²) in [5, 5.41) is 16.5. The average Bonchev–Trinajstić information content (AvgIpc) is 2.94. The van der Waals surface area contributed by atoms with Gasteiger partial charge >= 0.3 is 0 Å². The number of thiophene rings is 1. The van der Waals surface area contributed by atoms with Crippen LogP contribution in [0.3, 0.4) is 0 Å². The summed E-state index contributed by atoms with van der Waals surface area (Å²) in [4.78, 5) is 5.24. The zero-order valence-corrected chi connectivity index (χ0v) is 17.6. The lowest BCUT2D eigenvalue weighted by Crippen LogP contribution is -2.38. The van der Waals surface area contributed by atoms with Gasteiger partial charge < -0.3 is 20.5 Å². The Morgan fingerprint density at radius 2 is 2.13 bits per heavy atom. The molecule has 5 nitrogen and oxygen atoms in total. The summed E-state index contributed by atoms with van der Waals surface area (Å²) in [6.45, 7) is 7.50. The van der Waals surface area contributed by atoms with Crippen molar-refractivity contribution in [2.24, 2.45) is 4.99 Å². The highest BCUT2D eigenvalue weighted by atomic mass is 127. The van der Waals surface area contributed by atoms with E-state index in [1.807, 2.05) is 19.9 Å². The largest absolute Gasteiger partial charge is 0.386 e. The topological polar surface area (TPSA) is 65.9 Å². The molecule has 0 aliphatic carbocycles. The summed E-state index contributed by atoms with van der Waals surface area (Å²) in [6, 6.07) is 3.62. The lowest BCUT2D eigenvalue weighted by Gasteiger charge is -2.12. The number of guanidine groups is 1. The number of ether oxygens (including phenoxy) is 1. The van der Waals surface area contributed by atoms with Gasteiger partial charge in [0.2, 0.25) is 0 Å². The number of hydrogen-bond donors (Lipinski definition) is 3. The Bertz CT molecular complexity index is 446. The Morgan fingerprint density at radius 1 is 1.35 bits per heavy atom. The van der Waals surface area contributed by atoms with Crippen LogP contribution in [0.1, 0.15) is 37.7 Å². The molecule has 1 aromatic heterocycles. The molecule has 1 unspecified atom stereocenters. The molecule has 3 N–H and O–H groups in total. The van der Waals surface area contributed by atoms with E-state index in [1.165, 1.54) is 11.3 Å². The Morgan fingerprint density at radius 3 is 2.74 bits per heavy atom. The van der Waals surface area contributed by atoms with Gasteiger partial charge in [-0.05, 0) is 38.8 Å². The van der Waals surface area contributed by atoms with Crippen molar-refractivity contribution in [3.05, 3.63) is 21.3 Å². The van der Waals surface area contributed by atoms with Gasteiger partial charge in [-0.15, -0.1) is 35.3 Å². The van der Waals surface area contributed by atoms with Gasteiger partial charge in [-0.1, -0.05) is 11.6 Å². The molecule has 0 saturated carbocycles. The molecule has 0 amide bonds. The molecule has 1 aromatic rings. The van der Waals surface area contributed by atoms with Crippen molar-refractivity contribution < 1.29 is 9.84 Å². The highest BCUT2D eigenvalue weighted by Gasteiger charge is 2.10. The third kappa shape index (κ3) is 10.4. The maximum absolute atomic E-state index is 10.1. The van der Waals surface area contributed by atoms with E-state index in [4.69, 9.17) is 16.3 Å². The number of aliphatic hydroxyl groups is 1. The fourth-order valence-electron chi connectivity index (χ4n) is 1.80. The maximum Gasteiger partial charge on any atom is 0.191 e. The zero-order chi connectivity index (χ0) is 16.2. The van der Waals surface area contributed by atoms with Crippen molar-refractivity contribution in [1.29, 1.82) is 0 Å². The molecule has 0 aliphatic rings. The smallest absolute Gasteiger partial charge is 0.191 e. The monoisotopic (exact) mass is 475 g/mol. The van der Waals surface area contributed by atoms with Gasteiger partial charge in [0.15, 0.2) is 5.96 Å². The second-order valence-electron chi connectivity index (χ2n) is 4.71. The molecule has 0 radical (unpaired) electrons. The molecular weight excluding hydrogens is 449 g/mol. The van der Waals surface area contributed by atoms with E-state index in [2.05, 4.69) is 15.6 Å². The van der Waals surface area contributed by atoms with Crippen molar-refractivity contribution in [1.82, 2.24) is 10.6 Å². The summed E-state index contributed by atoms with van der Waals surface area (Å²) in [6.07, 6.45) is 1.43. The number of nitrogens with one attached hydrogen (secondary N) is 2. The van der Waals surface area contributed by atoms with Crippen molar-refractivity contribution in [3.8, 4) is 0 Å². The van der Waals surface area contributed by atoms with Crippen molar-refractivity contribution >= 4 is 52.9 Å². The standard InChI is InChI=1S/C15H26ClN3O2S.HI/c1-3-17-15(18-9-5-6-10-21-4-2)19-11-12(20)13-7-8-14(16)22-13;/h7-8,12,20H,3-6,9-11H2,1-2H3,(H2,17,18,19);1H. The van der Waals surface area contributed by atoms with Crippen LogP contribution in [0.4, 0.5) is 0 Å². The van der Waals surface area contributed by atoms with Gasteiger partial charge in [-0.25, -0.2) is 0 Å². The third-order valence-corrected chi connectivity index (χ3v) is 4.23. The van der Waals surface area contributed by atoms with Crippen LogP contribution in [0.15, 0.2) is 17.1 Å². The molecule has 23 heavy (non-hydrogen) atoms. The first-order valence-corrected chi connectivity index (χ1v) is 8.90. The first-order valence-electron chi connectivity index (χ1n) is 7.70. The molecule has 1 heterocycles. The van der Waals surface area contributed by atoms with Crippen LogP contribution < -0.4 is 10.6 Å². The van der Waals surface area contributed by atoms with Gasteiger partial charge in [0.25, 0.3) is 0 Å². The quantitative estimate of drug-likeness (QED) is 0.210. The minimum Gasteiger partial charge on any atom is -0.386 e. The predicted octanol–water partition coefficient (Wildman–Crippen LogP) is 3.42. The third-order valence-electron chi connectivity index (χ3n) is 2.90. The molecule has 0 aromatic carbocycles. The molecule has 0 saturated heterocycles. The van der Waals surface area contributed by atoms with E-state index in [-0.39, 0.29) is 24.0 Å². The SMILES string of the molecule is CCNC(=NCC(O)c1ccc(Cl)s1)NCCCCOCC.I. The van der Waals surface area contributed by atoms with Gasteiger partial charge in [-0.2, -0.15) is 0 Å². The minimum absolute atomic E-state index is 0. The summed E-state index contributed by atoms with van der Waals surface area (Å²) in [5.74, 6) is 0.723. The molecule has 1 atom stereocenters. The van der Waals surface area contributed by atoms with E-state index >= 15 is 0 Å². The van der Waals surface area contributed by atoms with Crippen LogP contribution in [0, 0.1) is 0 Å². The maximum atomic E-state index is 10.1. The number of aliphatic imine (C=N–C) groups is 1. The number of nitrogens with zero attached hydrogens (tertiary/aromatic N) is 1. The Hall–Kier alpha value is -0.0900. The molecule has 0 spiro atoms.